The molecule has 1 N–H and O–H groups in total. The number of nitrogens with zero attached hydrogens (tertiary/aromatic N) is 4. The lowest BCUT2D eigenvalue weighted by Gasteiger charge is -2.01. The fourth-order valence-corrected chi connectivity index (χ4v) is 2.51. The fraction of sp³-hybridized carbons (Fsp3) is 0.0556. The highest BCUT2D eigenvalue weighted by Gasteiger charge is 2.09. The standard InChI is InChI=1S/C18H15N5O2S/c1-13-8-10-15(11-9-13)17-20-21-18(26)22(17)19-12-4-6-14-5-2-3-7-16(14)23(24)25/h2-12H,1H3,(H,21,26)/b6-4-,19-12?. The number of nitro groups is 1. The number of rotatable bonds is 5. The molecule has 0 unspecified atom stereocenters. The molecule has 1 aromatic heterocycles. The minimum absolute atomic E-state index is 0.0393. The third kappa shape index (κ3) is 3.81. The van der Waals surface area contributed by atoms with Crippen molar-refractivity contribution in [2.24, 2.45) is 5.10 Å². The van der Waals surface area contributed by atoms with E-state index in [1.807, 2.05) is 31.2 Å². The first kappa shape index (κ1) is 17.4. The summed E-state index contributed by atoms with van der Waals surface area (Å²) in [5.41, 5.74) is 2.56. The Morgan fingerprint density at radius 1 is 1.23 bits per heavy atom. The lowest BCUT2D eigenvalue weighted by molar-refractivity contribution is -0.385. The quantitative estimate of drug-likeness (QED) is 0.315. The largest absolute Gasteiger partial charge is 0.276 e. The van der Waals surface area contributed by atoms with E-state index in [0.717, 1.165) is 11.1 Å². The van der Waals surface area contributed by atoms with Gasteiger partial charge >= 0.3 is 0 Å². The summed E-state index contributed by atoms with van der Waals surface area (Å²) >= 11 is 5.21. The van der Waals surface area contributed by atoms with Crippen LogP contribution in [-0.2, 0) is 0 Å². The van der Waals surface area contributed by atoms with Crippen LogP contribution in [0.1, 0.15) is 11.1 Å². The van der Waals surface area contributed by atoms with Crippen LogP contribution in [0.2, 0.25) is 0 Å². The van der Waals surface area contributed by atoms with Crippen LogP contribution >= 0.6 is 12.2 Å². The van der Waals surface area contributed by atoms with E-state index in [1.165, 1.54) is 17.0 Å². The molecular formula is C18H15N5O2S. The van der Waals surface area contributed by atoms with Crippen molar-refractivity contribution in [1.29, 1.82) is 0 Å². The number of allylic oxidation sites excluding steroid dienone is 1. The van der Waals surface area contributed by atoms with Crippen molar-refractivity contribution in [2.45, 2.75) is 6.92 Å². The van der Waals surface area contributed by atoms with E-state index in [9.17, 15) is 10.1 Å². The first-order chi connectivity index (χ1) is 12.6. The number of aromatic amines is 1. The van der Waals surface area contributed by atoms with Gasteiger partial charge in [-0.25, -0.2) is 5.10 Å². The number of para-hydroxylation sites is 1. The number of hydrogen-bond acceptors (Lipinski definition) is 5. The monoisotopic (exact) mass is 365 g/mol. The molecule has 0 bridgehead atoms. The van der Waals surface area contributed by atoms with Gasteiger partial charge in [0.1, 0.15) is 0 Å². The first-order valence-electron chi connectivity index (χ1n) is 7.75. The molecule has 0 aliphatic rings. The second-order valence-corrected chi connectivity index (χ2v) is 5.86. The van der Waals surface area contributed by atoms with E-state index in [0.29, 0.717) is 16.2 Å². The smallest absolute Gasteiger partial charge is 0.258 e. The minimum Gasteiger partial charge on any atom is -0.258 e. The van der Waals surface area contributed by atoms with Crippen molar-refractivity contribution in [1.82, 2.24) is 14.9 Å². The Hall–Kier alpha value is -3.39. The van der Waals surface area contributed by atoms with Gasteiger partial charge in [0.25, 0.3) is 5.69 Å². The van der Waals surface area contributed by atoms with E-state index in [2.05, 4.69) is 15.3 Å². The van der Waals surface area contributed by atoms with Gasteiger partial charge in [0.15, 0.2) is 5.82 Å². The van der Waals surface area contributed by atoms with Crippen LogP contribution < -0.4 is 0 Å². The predicted octanol–water partition coefficient (Wildman–Crippen LogP) is 4.37. The van der Waals surface area contributed by atoms with Gasteiger partial charge in [0, 0.05) is 17.8 Å². The molecule has 130 valence electrons. The molecule has 0 aliphatic heterocycles. The molecule has 0 saturated heterocycles. The van der Waals surface area contributed by atoms with E-state index in [4.69, 9.17) is 12.2 Å². The summed E-state index contributed by atoms with van der Waals surface area (Å²) in [7, 11) is 0. The van der Waals surface area contributed by atoms with Crippen LogP contribution in [0.15, 0.2) is 59.7 Å². The Morgan fingerprint density at radius 3 is 2.69 bits per heavy atom. The van der Waals surface area contributed by atoms with Gasteiger partial charge in [0.2, 0.25) is 4.77 Å². The molecule has 3 aromatic rings. The maximum atomic E-state index is 11.0. The van der Waals surface area contributed by atoms with E-state index in [1.54, 1.807) is 30.4 Å². The summed E-state index contributed by atoms with van der Waals surface area (Å²) in [4.78, 5) is 10.6. The summed E-state index contributed by atoms with van der Waals surface area (Å²) in [6.07, 6.45) is 4.76. The number of nitrogens with one attached hydrogen (secondary N) is 1. The molecule has 8 heteroatoms. The molecule has 3 rings (SSSR count). The van der Waals surface area contributed by atoms with Gasteiger partial charge in [-0.2, -0.15) is 14.9 Å². The Balaban J connectivity index is 1.86. The molecule has 0 fully saturated rings. The Kier molecular flexibility index (Phi) is 5.14. The van der Waals surface area contributed by atoms with Gasteiger partial charge in [-0.1, -0.05) is 42.0 Å². The fourth-order valence-electron chi connectivity index (χ4n) is 2.33. The number of aryl methyl sites for hydroxylation is 1. The van der Waals surface area contributed by atoms with E-state index in [-0.39, 0.29) is 5.69 Å². The normalized spacial score (nSPS) is 11.4. The van der Waals surface area contributed by atoms with Gasteiger partial charge in [0.05, 0.1) is 10.5 Å². The van der Waals surface area contributed by atoms with Gasteiger partial charge < -0.3 is 0 Å². The zero-order valence-corrected chi connectivity index (χ0v) is 14.7. The summed E-state index contributed by atoms with van der Waals surface area (Å²) in [6.45, 7) is 2.01. The van der Waals surface area contributed by atoms with E-state index >= 15 is 0 Å². The topological polar surface area (TPSA) is 89.1 Å². The van der Waals surface area contributed by atoms with Crippen molar-refractivity contribution in [2.75, 3.05) is 0 Å². The van der Waals surface area contributed by atoms with Crippen molar-refractivity contribution < 1.29 is 4.92 Å². The Morgan fingerprint density at radius 2 is 1.96 bits per heavy atom. The van der Waals surface area contributed by atoms with Gasteiger partial charge in [-0.3, -0.25) is 10.1 Å². The van der Waals surface area contributed by atoms with Crippen LogP contribution in [-0.4, -0.2) is 26.0 Å². The van der Waals surface area contributed by atoms with E-state index < -0.39 is 4.92 Å². The highest BCUT2D eigenvalue weighted by Crippen LogP contribution is 2.19. The second-order valence-electron chi connectivity index (χ2n) is 5.47. The number of H-pyrrole nitrogens is 1. The van der Waals surface area contributed by atoms with Gasteiger partial charge in [-0.15, -0.1) is 0 Å². The summed E-state index contributed by atoms with van der Waals surface area (Å²) < 4.78 is 1.86. The SMILES string of the molecule is Cc1ccc(-c2n[nH]c(=S)n2N=C/C=C\c2ccccc2[N+](=O)[O-])cc1. The molecule has 0 aliphatic carbocycles. The van der Waals surface area contributed by atoms with Crippen LogP contribution in [0.4, 0.5) is 5.69 Å². The molecule has 2 aromatic carbocycles. The van der Waals surface area contributed by atoms with Crippen molar-refractivity contribution in [3.8, 4) is 11.4 Å². The molecule has 0 amide bonds. The summed E-state index contributed by atoms with van der Waals surface area (Å²) in [5.74, 6) is 0.588. The maximum absolute atomic E-state index is 11.0. The summed E-state index contributed by atoms with van der Waals surface area (Å²) in [5, 5.41) is 22.2. The van der Waals surface area contributed by atoms with Crippen molar-refractivity contribution >= 4 is 30.2 Å². The van der Waals surface area contributed by atoms with Crippen LogP contribution in [0.5, 0.6) is 0 Å². The lowest BCUT2D eigenvalue weighted by Crippen LogP contribution is -1.94. The number of nitro benzene ring substituents is 1. The summed E-state index contributed by atoms with van der Waals surface area (Å²) in [6, 6.07) is 14.3. The Labute approximate surface area is 154 Å². The van der Waals surface area contributed by atoms with Crippen LogP contribution in [0.25, 0.3) is 17.5 Å². The molecule has 0 spiro atoms. The molecular weight excluding hydrogens is 350 g/mol. The molecule has 7 nitrogen and oxygen atoms in total. The molecule has 26 heavy (non-hydrogen) atoms. The average molecular weight is 365 g/mol. The molecule has 0 atom stereocenters. The zero-order chi connectivity index (χ0) is 18.5. The third-order valence-electron chi connectivity index (χ3n) is 3.64. The number of hydrogen-bond donors (Lipinski definition) is 1. The first-order valence-corrected chi connectivity index (χ1v) is 8.16. The highest BCUT2D eigenvalue weighted by atomic mass is 32.1. The van der Waals surface area contributed by atoms with Crippen LogP contribution in [0, 0.1) is 21.8 Å². The predicted molar refractivity (Wildman–Crippen MR) is 104 cm³/mol. The molecule has 0 radical (unpaired) electrons. The molecule has 0 saturated carbocycles. The lowest BCUT2D eigenvalue weighted by atomic mass is 10.1. The van der Waals surface area contributed by atoms with Crippen molar-refractivity contribution in [3.63, 3.8) is 0 Å². The second kappa shape index (κ2) is 7.66. The Bertz CT molecular complexity index is 1050. The average Bonchev–Trinajstić information content (AvgIpc) is 3.00. The van der Waals surface area contributed by atoms with Crippen molar-refractivity contribution in [3.05, 3.63) is 80.6 Å². The maximum Gasteiger partial charge on any atom is 0.276 e. The highest BCUT2D eigenvalue weighted by molar-refractivity contribution is 7.71. The number of benzene rings is 2. The minimum atomic E-state index is -0.418. The van der Waals surface area contributed by atoms with Crippen LogP contribution in [0.3, 0.4) is 0 Å². The third-order valence-corrected chi connectivity index (χ3v) is 3.90. The van der Waals surface area contributed by atoms with Gasteiger partial charge in [-0.05, 0) is 37.4 Å². The zero-order valence-electron chi connectivity index (χ0n) is 13.9. The number of aromatic nitrogens is 3. The molecule has 1 heterocycles.